The monoisotopic (exact) mass is 294 g/mol. The molecule has 1 aliphatic rings. The molecule has 0 saturated heterocycles. The van der Waals surface area contributed by atoms with E-state index in [2.05, 4.69) is 22.8 Å². The van der Waals surface area contributed by atoms with Crippen molar-refractivity contribution >= 4 is 17.9 Å². The van der Waals surface area contributed by atoms with Crippen molar-refractivity contribution in [2.45, 2.75) is 31.1 Å². The zero-order valence-corrected chi connectivity index (χ0v) is 12.4. The van der Waals surface area contributed by atoms with Gasteiger partial charge in [0.15, 0.2) is 0 Å². The highest BCUT2D eigenvalue weighted by Crippen LogP contribution is 2.32. The Morgan fingerprint density at radius 1 is 1.25 bits per heavy atom. The van der Waals surface area contributed by atoms with E-state index in [0.717, 1.165) is 44.4 Å². The molecule has 1 aliphatic carbocycles. The van der Waals surface area contributed by atoms with Gasteiger partial charge in [-0.25, -0.2) is 0 Å². The molecule has 1 aromatic rings. The number of rotatable bonds is 7. The number of benzene rings is 1. The Balaban J connectivity index is 1.56. The molecule has 2 unspecified atom stereocenters. The van der Waals surface area contributed by atoms with Crippen LogP contribution < -0.4 is 10.6 Å². The molecule has 3 N–H and O–H groups in total. The highest BCUT2D eigenvalue weighted by atomic mass is 32.2. The molecule has 110 valence electrons. The normalized spacial score (nSPS) is 21.9. The second kappa shape index (κ2) is 8.29. The SMILES string of the molecule is O=C(NCCNCc1ccccc1)C1CCC(SO)C1. The Kier molecular flexibility index (Phi) is 6.36. The summed E-state index contributed by atoms with van der Waals surface area (Å²) in [5.74, 6) is 0.205. The predicted molar refractivity (Wildman–Crippen MR) is 82.5 cm³/mol. The maximum atomic E-state index is 11.9. The van der Waals surface area contributed by atoms with Crippen LogP contribution in [0.15, 0.2) is 30.3 Å². The van der Waals surface area contributed by atoms with Gasteiger partial charge in [-0.2, -0.15) is 0 Å². The fraction of sp³-hybridized carbons (Fsp3) is 0.533. The van der Waals surface area contributed by atoms with E-state index in [-0.39, 0.29) is 17.1 Å². The molecule has 0 bridgehead atoms. The van der Waals surface area contributed by atoms with Crippen molar-refractivity contribution in [3.63, 3.8) is 0 Å². The molecule has 5 heteroatoms. The van der Waals surface area contributed by atoms with E-state index >= 15 is 0 Å². The second-order valence-corrected chi connectivity index (χ2v) is 6.07. The van der Waals surface area contributed by atoms with Crippen LogP contribution in [-0.4, -0.2) is 28.8 Å². The van der Waals surface area contributed by atoms with E-state index in [1.807, 2.05) is 18.2 Å². The van der Waals surface area contributed by atoms with Crippen molar-refractivity contribution < 1.29 is 9.35 Å². The summed E-state index contributed by atoms with van der Waals surface area (Å²) in [6.07, 6.45) is 2.62. The number of amides is 1. The number of hydrogen-bond donors (Lipinski definition) is 3. The lowest BCUT2D eigenvalue weighted by Crippen LogP contribution is -2.35. The average molecular weight is 294 g/mol. The van der Waals surface area contributed by atoms with Gasteiger partial charge in [-0.05, 0) is 36.9 Å². The Morgan fingerprint density at radius 3 is 2.75 bits per heavy atom. The summed E-state index contributed by atoms with van der Waals surface area (Å²) in [7, 11) is 0. The first-order chi connectivity index (χ1) is 9.79. The maximum Gasteiger partial charge on any atom is 0.223 e. The van der Waals surface area contributed by atoms with E-state index in [4.69, 9.17) is 4.55 Å². The number of carbonyl (C=O) groups is 1. The molecule has 2 atom stereocenters. The van der Waals surface area contributed by atoms with E-state index < -0.39 is 0 Å². The van der Waals surface area contributed by atoms with Gasteiger partial charge >= 0.3 is 0 Å². The molecule has 0 aliphatic heterocycles. The minimum Gasteiger partial charge on any atom is -0.355 e. The predicted octanol–water partition coefficient (Wildman–Crippen LogP) is 2.27. The van der Waals surface area contributed by atoms with Gasteiger partial charge < -0.3 is 15.2 Å². The average Bonchev–Trinajstić information content (AvgIpc) is 2.97. The molecule has 1 fully saturated rings. The van der Waals surface area contributed by atoms with Crippen LogP contribution >= 0.6 is 12.0 Å². The highest BCUT2D eigenvalue weighted by Gasteiger charge is 2.29. The summed E-state index contributed by atoms with van der Waals surface area (Å²) in [6.45, 7) is 2.24. The first kappa shape index (κ1) is 15.4. The van der Waals surface area contributed by atoms with Crippen LogP contribution in [-0.2, 0) is 11.3 Å². The number of carbonyl (C=O) groups excluding carboxylic acids is 1. The third kappa shape index (κ3) is 4.81. The van der Waals surface area contributed by atoms with E-state index in [0.29, 0.717) is 6.54 Å². The third-order valence-corrected chi connectivity index (χ3v) is 4.40. The van der Waals surface area contributed by atoms with Crippen LogP contribution in [0.2, 0.25) is 0 Å². The van der Waals surface area contributed by atoms with Crippen LogP contribution in [0, 0.1) is 5.92 Å². The Morgan fingerprint density at radius 2 is 2.05 bits per heavy atom. The standard InChI is InChI=1S/C15H22N2O2S/c18-15(13-6-7-14(10-13)20-19)17-9-8-16-11-12-4-2-1-3-5-12/h1-5,13-14,16,19H,6-11H2,(H,17,18). The van der Waals surface area contributed by atoms with Crippen molar-refractivity contribution in [1.82, 2.24) is 10.6 Å². The van der Waals surface area contributed by atoms with Gasteiger partial charge in [0.25, 0.3) is 0 Å². The van der Waals surface area contributed by atoms with Gasteiger partial charge in [0.2, 0.25) is 5.91 Å². The molecule has 2 rings (SSSR count). The molecule has 4 nitrogen and oxygen atoms in total. The van der Waals surface area contributed by atoms with Crippen molar-refractivity contribution in [3.05, 3.63) is 35.9 Å². The lowest BCUT2D eigenvalue weighted by molar-refractivity contribution is -0.124. The smallest absolute Gasteiger partial charge is 0.223 e. The Bertz CT molecular complexity index is 414. The maximum absolute atomic E-state index is 11.9. The van der Waals surface area contributed by atoms with Crippen LogP contribution in [0.3, 0.4) is 0 Å². The Labute approximate surface area is 124 Å². The lowest BCUT2D eigenvalue weighted by atomic mass is 10.1. The Hall–Kier alpha value is -1.04. The van der Waals surface area contributed by atoms with Gasteiger partial charge in [0.05, 0.1) is 0 Å². The van der Waals surface area contributed by atoms with Gasteiger partial charge in [-0.1, -0.05) is 30.3 Å². The minimum absolute atomic E-state index is 0.0776. The largest absolute Gasteiger partial charge is 0.355 e. The quantitative estimate of drug-likeness (QED) is 0.533. The topological polar surface area (TPSA) is 61.4 Å². The third-order valence-electron chi connectivity index (χ3n) is 3.68. The zero-order valence-electron chi connectivity index (χ0n) is 11.5. The molecule has 0 radical (unpaired) electrons. The lowest BCUT2D eigenvalue weighted by Gasteiger charge is -2.11. The first-order valence-electron chi connectivity index (χ1n) is 7.12. The van der Waals surface area contributed by atoms with Gasteiger partial charge in [0.1, 0.15) is 0 Å². The summed E-state index contributed by atoms with van der Waals surface area (Å²) in [5, 5.41) is 6.51. The van der Waals surface area contributed by atoms with Crippen molar-refractivity contribution in [2.75, 3.05) is 13.1 Å². The van der Waals surface area contributed by atoms with Gasteiger partial charge in [-0.3, -0.25) is 4.79 Å². The fourth-order valence-electron chi connectivity index (χ4n) is 2.52. The fourth-order valence-corrected chi connectivity index (χ4v) is 3.08. The highest BCUT2D eigenvalue weighted by molar-refractivity contribution is 7.94. The summed E-state index contributed by atoms with van der Waals surface area (Å²) in [6, 6.07) is 10.2. The molecule has 0 aromatic heterocycles. The first-order valence-corrected chi connectivity index (χ1v) is 7.96. The summed E-state index contributed by atoms with van der Waals surface area (Å²) >= 11 is 0.891. The van der Waals surface area contributed by atoms with Crippen LogP contribution in [0.5, 0.6) is 0 Å². The molecule has 1 saturated carbocycles. The van der Waals surface area contributed by atoms with Crippen LogP contribution in [0.4, 0.5) is 0 Å². The summed E-state index contributed by atoms with van der Waals surface area (Å²) in [4.78, 5) is 11.9. The van der Waals surface area contributed by atoms with E-state index in [1.165, 1.54) is 5.56 Å². The van der Waals surface area contributed by atoms with Crippen molar-refractivity contribution in [3.8, 4) is 0 Å². The van der Waals surface area contributed by atoms with Crippen molar-refractivity contribution in [1.29, 1.82) is 0 Å². The molecule has 0 spiro atoms. The zero-order chi connectivity index (χ0) is 14.2. The molecule has 1 amide bonds. The molecule has 1 aromatic carbocycles. The second-order valence-electron chi connectivity index (χ2n) is 5.19. The number of nitrogens with one attached hydrogen (secondary N) is 2. The van der Waals surface area contributed by atoms with E-state index in [9.17, 15) is 4.79 Å². The van der Waals surface area contributed by atoms with Gasteiger partial charge in [-0.15, -0.1) is 0 Å². The molecule has 20 heavy (non-hydrogen) atoms. The summed E-state index contributed by atoms with van der Waals surface area (Å²) < 4.78 is 8.99. The van der Waals surface area contributed by atoms with Crippen LogP contribution in [0.25, 0.3) is 0 Å². The molecular formula is C15H22N2O2S. The summed E-state index contributed by atoms with van der Waals surface area (Å²) in [5.41, 5.74) is 1.25. The molecular weight excluding hydrogens is 272 g/mol. The van der Waals surface area contributed by atoms with Crippen LogP contribution in [0.1, 0.15) is 24.8 Å². The van der Waals surface area contributed by atoms with Gasteiger partial charge in [0, 0.05) is 30.8 Å². The van der Waals surface area contributed by atoms with E-state index in [1.54, 1.807) is 0 Å². The number of hydrogen-bond acceptors (Lipinski definition) is 4. The van der Waals surface area contributed by atoms with Crippen molar-refractivity contribution in [2.24, 2.45) is 5.92 Å². The minimum atomic E-state index is 0.0776. The molecule has 0 heterocycles.